The van der Waals surface area contributed by atoms with Crippen LogP contribution in [0.2, 0.25) is 0 Å². The molecule has 0 aliphatic rings. The number of aromatic nitrogens is 1. The topological polar surface area (TPSA) is 55.1 Å². The lowest BCUT2D eigenvalue weighted by atomic mass is 10.2. The van der Waals surface area contributed by atoms with Crippen molar-refractivity contribution in [2.45, 2.75) is 6.92 Å². The first-order chi connectivity index (χ1) is 7.66. The lowest BCUT2D eigenvalue weighted by molar-refractivity contribution is 0.102. The summed E-state index contributed by atoms with van der Waals surface area (Å²) in [7, 11) is 0. The number of anilines is 1. The number of carbonyl (C=O) groups is 1. The van der Waals surface area contributed by atoms with Gasteiger partial charge in [-0.05, 0) is 41.6 Å². The molecule has 82 valence electrons. The van der Waals surface area contributed by atoms with Crippen molar-refractivity contribution in [3.05, 3.63) is 45.2 Å². The summed E-state index contributed by atoms with van der Waals surface area (Å²) in [5, 5.41) is 6.37. The zero-order chi connectivity index (χ0) is 11.5. The summed E-state index contributed by atoms with van der Waals surface area (Å²) in [6.45, 7) is 1.77. The molecule has 0 saturated heterocycles. The average molecular weight is 328 g/mol. The average Bonchev–Trinajstić information content (AvgIpc) is 2.64. The summed E-state index contributed by atoms with van der Waals surface area (Å²) in [5.41, 5.74) is 0.628. The zero-order valence-electron chi connectivity index (χ0n) is 8.53. The van der Waals surface area contributed by atoms with Crippen molar-refractivity contribution in [3.8, 4) is 0 Å². The first kappa shape index (κ1) is 11.1. The lowest BCUT2D eigenvalue weighted by Crippen LogP contribution is -2.13. The van der Waals surface area contributed by atoms with Gasteiger partial charge in [-0.25, -0.2) is 0 Å². The molecule has 0 atom stereocenters. The van der Waals surface area contributed by atoms with Gasteiger partial charge in [0, 0.05) is 9.64 Å². The van der Waals surface area contributed by atoms with E-state index in [1.54, 1.807) is 19.1 Å². The number of hydrogen-bond acceptors (Lipinski definition) is 3. The minimum Gasteiger partial charge on any atom is -0.360 e. The van der Waals surface area contributed by atoms with Gasteiger partial charge in [0.25, 0.3) is 5.91 Å². The van der Waals surface area contributed by atoms with Crippen LogP contribution in [0.1, 0.15) is 16.1 Å². The summed E-state index contributed by atoms with van der Waals surface area (Å²) in [4.78, 5) is 11.8. The van der Waals surface area contributed by atoms with Crippen molar-refractivity contribution < 1.29 is 9.32 Å². The summed E-state index contributed by atoms with van der Waals surface area (Å²) in [5.74, 6) is 0.915. The van der Waals surface area contributed by atoms with Gasteiger partial charge in [-0.15, -0.1) is 0 Å². The van der Waals surface area contributed by atoms with Gasteiger partial charge in [-0.1, -0.05) is 17.3 Å². The quantitative estimate of drug-likeness (QED) is 0.863. The smallest absolute Gasteiger partial charge is 0.257 e. The highest BCUT2D eigenvalue weighted by atomic mass is 127. The molecule has 1 N–H and O–H groups in total. The predicted molar refractivity (Wildman–Crippen MR) is 68.4 cm³/mol. The maximum Gasteiger partial charge on any atom is 0.257 e. The Morgan fingerprint density at radius 2 is 2.19 bits per heavy atom. The summed E-state index contributed by atoms with van der Waals surface area (Å²) in [6, 6.07) is 9.03. The molecule has 0 bridgehead atoms. The maximum absolute atomic E-state index is 11.8. The largest absolute Gasteiger partial charge is 0.360 e. The molecule has 0 unspecified atom stereocenters. The minimum atomic E-state index is -0.182. The Hall–Kier alpha value is -1.37. The lowest BCUT2D eigenvalue weighted by Gasteiger charge is -2.02. The first-order valence-corrected chi connectivity index (χ1v) is 5.74. The van der Waals surface area contributed by atoms with Gasteiger partial charge >= 0.3 is 0 Å². The van der Waals surface area contributed by atoms with Crippen molar-refractivity contribution in [1.82, 2.24) is 5.16 Å². The molecule has 4 nitrogen and oxygen atoms in total. The zero-order valence-corrected chi connectivity index (χ0v) is 10.7. The van der Waals surface area contributed by atoms with E-state index in [0.29, 0.717) is 17.1 Å². The van der Waals surface area contributed by atoms with E-state index in [-0.39, 0.29) is 5.91 Å². The third-order valence-electron chi connectivity index (χ3n) is 1.99. The van der Waals surface area contributed by atoms with Crippen LogP contribution >= 0.6 is 22.6 Å². The molecule has 0 radical (unpaired) electrons. The second-order valence-corrected chi connectivity index (χ2v) is 4.42. The van der Waals surface area contributed by atoms with Crippen LogP contribution in [0.5, 0.6) is 0 Å². The molecule has 2 aromatic rings. The molecule has 2 rings (SSSR count). The molecular weight excluding hydrogens is 319 g/mol. The highest BCUT2D eigenvalue weighted by molar-refractivity contribution is 14.1. The number of halogens is 1. The summed E-state index contributed by atoms with van der Waals surface area (Å²) in [6.07, 6.45) is 0. The number of amides is 1. The van der Waals surface area contributed by atoms with Crippen molar-refractivity contribution in [2.24, 2.45) is 0 Å². The number of carbonyl (C=O) groups excluding carboxylic acids is 1. The molecule has 1 aromatic carbocycles. The van der Waals surface area contributed by atoms with E-state index < -0.39 is 0 Å². The molecule has 0 saturated carbocycles. The van der Waals surface area contributed by atoms with Gasteiger partial charge in [0.15, 0.2) is 5.82 Å². The monoisotopic (exact) mass is 328 g/mol. The number of benzene rings is 1. The van der Waals surface area contributed by atoms with Gasteiger partial charge in [0.1, 0.15) is 5.76 Å². The first-order valence-electron chi connectivity index (χ1n) is 4.66. The number of aryl methyl sites for hydroxylation is 1. The minimum absolute atomic E-state index is 0.182. The second kappa shape index (κ2) is 4.65. The van der Waals surface area contributed by atoms with E-state index >= 15 is 0 Å². The normalized spacial score (nSPS) is 10.1. The second-order valence-electron chi connectivity index (χ2n) is 3.26. The Kier molecular flexibility index (Phi) is 3.23. The third kappa shape index (κ3) is 2.41. The van der Waals surface area contributed by atoms with E-state index in [2.05, 4.69) is 33.1 Å². The fraction of sp³-hybridized carbons (Fsp3) is 0.0909. The van der Waals surface area contributed by atoms with Gasteiger partial charge in [0.05, 0.1) is 5.56 Å². The van der Waals surface area contributed by atoms with Crippen molar-refractivity contribution >= 4 is 34.3 Å². The summed E-state index contributed by atoms with van der Waals surface area (Å²) < 4.78 is 5.77. The molecule has 5 heteroatoms. The van der Waals surface area contributed by atoms with Gasteiger partial charge in [-0.2, -0.15) is 0 Å². The van der Waals surface area contributed by atoms with Crippen LogP contribution in [0.3, 0.4) is 0 Å². The van der Waals surface area contributed by atoms with E-state index in [1.807, 2.05) is 18.2 Å². The molecule has 0 spiro atoms. The Labute approximate surface area is 106 Å². The van der Waals surface area contributed by atoms with Crippen LogP contribution in [0.4, 0.5) is 5.82 Å². The molecule has 1 amide bonds. The molecule has 0 aliphatic heterocycles. The third-order valence-corrected chi connectivity index (χ3v) is 2.93. The highest BCUT2D eigenvalue weighted by Gasteiger charge is 2.11. The van der Waals surface area contributed by atoms with Crippen LogP contribution in [-0.2, 0) is 0 Å². The van der Waals surface area contributed by atoms with Crippen LogP contribution in [0.25, 0.3) is 0 Å². The molecule has 0 aliphatic carbocycles. The van der Waals surface area contributed by atoms with Gasteiger partial charge in [0.2, 0.25) is 0 Å². The molecule has 1 heterocycles. The van der Waals surface area contributed by atoms with E-state index in [9.17, 15) is 4.79 Å². The number of nitrogens with zero attached hydrogens (tertiary/aromatic N) is 1. The highest BCUT2D eigenvalue weighted by Crippen LogP contribution is 2.14. The molecule has 1 aromatic heterocycles. The molecule has 16 heavy (non-hydrogen) atoms. The molecular formula is C11H9IN2O2. The van der Waals surface area contributed by atoms with Gasteiger partial charge in [-0.3, -0.25) is 4.79 Å². The molecule has 0 fully saturated rings. The Morgan fingerprint density at radius 1 is 1.44 bits per heavy atom. The number of nitrogens with one attached hydrogen (secondary N) is 1. The van der Waals surface area contributed by atoms with Crippen LogP contribution in [-0.4, -0.2) is 11.1 Å². The Bertz CT molecular complexity index is 522. The van der Waals surface area contributed by atoms with Crippen molar-refractivity contribution in [3.63, 3.8) is 0 Å². The number of rotatable bonds is 2. The fourth-order valence-corrected chi connectivity index (χ4v) is 1.89. The standard InChI is InChI=1S/C11H9IN2O2/c1-7-6-10(14-16-7)13-11(15)8-4-2-3-5-9(8)12/h2-6H,1H3,(H,13,14,15). The van der Waals surface area contributed by atoms with Crippen molar-refractivity contribution in [1.29, 1.82) is 0 Å². The summed E-state index contributed by atoms with van der Waals surface area (Å²) >= 11 is 2.12. The van der Waals surface area contributed by atoms with Crippen LogP contribution in [0.15, 0.2) is 34.9 Å². The number of hydrogen-bond donors (Lipinski definition) is 1. The Morgan fingerprint density at radius 3 is 2.81 bits per heavy atom. The van der Waals surface area contributed by atoms with Crippen LogP contribution in [0, 0.1) is 10.5 Å². The Balaban J connectivity index is 2.18. The SMILES string of the molecule is Cc1cc(NC(=O)c2ccccc2I)no1. The van der Waals surface area contributed by atoms with E-state index in [4.69, 9.17) is 4.52 Å². The van der Waals surface area contributed by atoms with E-state index in [0.717, 1.165) is 3.57 Å². The van der Waals surface area contributed by atoms with Crippen LogP contribution < -0.4 is 5.32 Å². The fourth-order valence-electron chi connectivity index (χ4n) is 1.25. The van der Waals surface area contributed by atoms with E-state index in [1.165, 1.54) is 0 Å². The van der Waals surface area contributed by atoms with Gasteiger partial charge < -0.3 is 9.84 Å². The predicted octanol–water partition coefficient (Wildman–Crippen LogP) is 2.84. The maximum atomic E-state index is 11.8. The van der Waals surface area contributed by atoms with Crippen molar-refractivity contribution in [2.75, 3.05) is 5.32 Å².